The highest BCUT2D eigenvalue weighted by molar-refractivity contribution is 7.88. The lowest BCUT2D eigenvalue weighted by Gasteiger charge is -2.38. The summed E-state index contributed by atoms with van der Waals surface area (Å²) in [7, 11) is -1.66. The molecule has 2 fully saturated rings. The average Bonchev–Trinajstić information content (AvgIpc) is 2.59. The number of carbonyl (C=O) groups excluding carboxylic acids is 1. The summed E-state index contributed by atoms with van der Waals surface area (Å²) in [4.78, 5) is 12.3. The van der Waals surface area contributed by atoms with Crippen molar-refractivity contribution in [2.75, 3.05) is 19.9 Å². The number of nitrogens with one attached hydrogen (secondary N) is 2. The third kappa shape index (κ3) is 6.22. The van der Waals surface area contributed by atoms with Crippen molar-refractivity contribution in [1.82, 2.24) is 10.0 Å². The van der Waals surface area contributed by atoms with E-state index in [1.165, 1.54) is 25.5 Å². The largest absolute Gasteiger partial charge is 0.378 e. The second-order valence-electron chi connectivity index (χ2n) is 7.70. The van der Waals surface area contributed by atoms with E-state index in [0.717, 1.165) is 38.0 Å². The highest BCUT2D eigenvalue weighted by Gasteiger charge is 2.39. The molecule has 0 heterocycles. The molecule has 0 aromatic heterocycles. The first-order valence-electron chi connectivity index (χ1n) is 9.64. The zero-order valence-electron chi connectivity index (χ0n) is 15.8. The molecule has 0 radical (unpaired) electrons. The Kier molecular flexibility index (Phi) is 7.70. The van der Waals surface area contributed by atoms with Crippen molar-refractivity contribution < 1.29 is 17.9 Å². The molecule has 0 aromatic carbocycles. The van der Waals surface area contributed by atoms with Crippen LogP contribution in [0.5, 0.6) is 0 Å². The molecule has 2 N–H and O–H groups in total. The van der Waals surface area contributed by atoms with Gasteiger partial charge in [0, 0.05) is 24.9 Å². The van der Waals surface area contributed by atoms with Gasteiger partial charge in [-0.25, -0.2) is 13.1 Å². The van der Waals surface area contributed by atoms with Crippen LogP contribution in [0, 0.1) is 17.8 Å². The molecule has 3 unspecified atom stereocenters. The number of hydrogen-bond donors (Lipinski definition) is 2. The van der Waals surface area contributed by atoms with Crippen molar-refractivity contribution in [3.05, 3.63) is 0 Å². The summed E-state index contributed by atoms with van der Waals surface area (Å²) in [6, 6.07) is -0.224. The van der Waals surface area contributed by atoms with Gasteiger partial charge in [-0.2, -0.15) is 0 Å². The molecule has 0 aliphatic heterocycles. The lowest BCUT2D eigenvalue weighted by atomic mass is 9.76. The SMILES string of the molecule is CCC1CCC(OCC2C(NS(C)(=O)=O)CCCC2C(=O)NC)CC1. The van der Waals surface area contributed by atoms with Crippen molar-refractivity contribution in [2.24, 2.45) is 17.8 Å². The molecular formula is C18H34N2O4S. The summed E-state index contributed by atoms with van der Waals surface area (Å²) in [6.07, 6.45) is 9.60. The molecule has 2 rings (SSSR count). The van der Waals surface area contributed by atoms with Crippen LogP contribution in [0.1, 0.15) is 58.3 Å². The average molecular weight is 375 g/mol. The van der Waals surface area contributed by atoms with Gasteiger partial charge < -0.3 is 10.1 Å². The van der Waals surface area contributed by atoms with Gasteiger partial charge in [0.05, 0.1) is 19.0 Å². The van der Waals surface area contributed by atoms with Gasteiger partial charge >= 0.3 is 0 Å². The van der Waals surface area contributed by atoms with E-state index in [1.54, 1.807) is 7.05 Å². The molecule has 146 valence electrons. The Morgan fingerprint density at radius 3 is 2.36 bits per heavy atom. The summed E-state index contributed by atoms with van der Waals surface area (Å²) in [5, 5.41) is 2.73. The topological polar surface area (TPSA) is 84.5 Å². The predicted octanol–water partition coefficient (Wildman–Crippen LogP) is 2.05. The number of amides is 1. The predicted molar refractivity (Wildman–Crippen MR) is 98.7 cm³/mol. The molecule has 2 aliphatic carbocycles. The van der Waals surface area contributed by atoms with Gasteiger partial charge in [0.1, 0.15) is 0 Å². The van der Waals surface area contributed by atoms with E-state index in [4.69, 9.17) is 4.74 Å². The highest BCUT2D eigenvalue weighted by atomic mass is 32.2. The number of carbonyl (C=O) groups is 1. The molecule has 1 amide bonds. The van der Waals surface area contributed by atoms with Gasteiger partial charge in [-0.3, -0.25) is 4.79 Å². The van der Waals surface area contributed by atoms with Gasteiger partial charge in [-0.15, -0.1) is 0 Å². The fourth-order valence-corrected chi connectivity index (χ4v) is 5.23. The Morgan fingerprint density at radius 1 is 1.12 bits per heavy atom. The maximum atomic E-state index is 12.3. The zero-order chi connectivity index (χ0) is 18.4. The molecule has 0 bridgehead atoms. The van der Waals surface area contributed by atoms with Crippen LogP contribution in [0.4, 0.5) is 0 Å². The fourth-order valence-electron chi connectivity index (χ4n) is 4.38. The Bertz CT molecular complexity index is 529. The summed E-state index contributed by atoms with van der Waals surface area (Å²) in [5.41, 5.74) is 0. The number of hydrogen-bond acceptors (Lipinski definition) is 4. The van der Waals surface area contributed by atoms with Gasteiger partial charge in [-0.1, -0.05) is 19.8 Å². The second-order valence-corrected chi connectivity index (χ2v) is 9.48. The van der Waals surface area contributed by atoms with Crippen LogP contribution in [0.25, 0.3) is 0 Å². The molecule has 6 nitrogen and oxygen atoms in total. The van der Waals surface area contributed by atoms with E-state index in [0.29, 0.717) is 6.61 Å². The summed E-state index contributed by atoms with van der Waals surface area (Å²) < 4.78 is 32.3. The minimum absolute atomic E-state index is 0.0108. The van der Waals surface area contributed by atoms with Crippen LogP contribution >= 0.6 is 0 Å². The first-order valence-corrected chi connectivity index (χ1v) is 11.5. The minimum Gasteiger partial charge on any atom is -0.378 e. The van der Waals surface area contributed by atoms with Gasteiger partial charge in [0.2, 0.25) is 15.9 Å². The third-order valence-electron chi connectivity index (χ3n) is 5.91. The first kappa shape index (κ1) is 20.6. The second kappa shape index (κ2) is 9.33. The van der Waals surface area contributed by atoms with Gasteiger partial charge in [-0.05, 0) is 44.4 Å². The Hall–Kier alpha value is -0.660. The first-order chi connectivity index (χ1) is 11.8. The molecule has 25 heavy (non-hydrogen) atoms. The lowest BCUT2D eigenvalue weighted by Crippen LogP contribution is -2.50. The zero-order valence-corrected chi connectivity index (χ0v) is 16.6. The van der Waals surface area contributed by atoms with Crippen LogP contribution in [0.3, 0.4) is 0 Å². The normalized spacial score (nSPS) is 33.8. The number of rotatable bonds is 7. The van der Waals surface area contributed by atoms with Crippen LogP contribution in [0.2, 0.25) is 0 Å². The molecular weight excluding hydrogens is 340 g/mol. The molecule has 0 aromatic rings. The van der Waals surface area contributed by atoms with Crippen molar-refractivity contribution in [1.29, 1.82) is 0 Å². The Morgan fingerprint density at radius 2 is 1.80 bits per heavy atom. The van der Waals surface area contributed by atoms with Crippen molar-refractivity contribution in [3.8, 4) is 0 Å². The van der Waals surface area contributed by atoms with E-state index >= 15 is 0 Å². The lowest BCUT2D eigenvalue weighted by molar-refractivity contribution is -0.130. The van der Waals surface area contributed by atoms with Crippen LogP contribution in [-0.2, 0) is 19.6 Å². The Labute approximate surface area is 152 Å². The van der Waals surface area contributed by atoms with Crippen molar-refractivity contribution >= 4 is 15.9 Å². The number of ether oxygens (including phenoxy) is 1. The number of sulfonamides is 1. The maximum Gasteiger partial charge on any atom is 0.223 e. The van der Waals surface area contributed by atoms with E-state index < -0.39 is 10.0 Å². The van der Waals surface area contributed by atoms with E-state index in [9.17, 15) is 13.2 Å². The maximum absolute atomic E-state index is 12.3. The van der Waals surface area contributed by atoms with Crippen LogP contribution < -0.4 is 10.0 Å². The monoisotopic (exact) mass is 374 g/mol. The molecule has 7 heteroatoms. The molecule has 2 aliphatic rings. The van der Waals surface area contributed by atoms with Crippen LogP contribution in [0.15, 0.2) is 0 Å². The summed E-state index contributed by atoms with van der Waals surface area (Å²) in [6.45, 7) is 2.69. The highest BCUT2D eigenvalue weighted by Crippen LogP contribution is 2.33. The smallest absolute Gasteiger partial charge is 0.223 e. The third-order valence-corrected chi connectivity index (χ3v) is 6.64. The van der Waals surface area contributed by atoms with E-state index in [1.807, 2.05) is 0 Å². The van der Waals surface area contributed by atoms with Crippen molar-refractivity contribution in [3.63, 3.8) is 0 Å². The quantitative estimate of drug-likeness (QED) is 0.714. The Balaban J connectivity index is 2.00. The summed E-state index contributed by atoms with van der Waals surface area (Å²) in [5.74, 6) is 0.508. The molecule has 0 spiro atoms. The standard InChI is InChI=1S/C18H34N2O4S/c1-4-13-8-10-14(11-9-13)24-12-16-15(18(21)19-2)6-5-7-17(16)20-25(3,22)23/h13-17,20H,4-12H2,1-3H3,(H,19,21). The fraction of sp³-hybridized carbons (Fsp3) is 0.944. The van der Waals surface area contributed by atoms with E-state index in [-0.39, 0.29) is 29.9 Å². The minimum atomic E-state index is -3.30. The molecule has 3 atom stereocenters. The van der Waals surface area contributed by atoms with Gasteiger partial charge in [0.15, 0.2) is 0 Å². The molecule has 2 saturated carbocycles. The van der Waals surface area contributed by atoms with Crippen LogP contribution in [-0.4, -0.2) is 46.4 Å². The summed E-state index contributed by atoms with van der Waals surface area (Å²) >= 11 is 0. The van der Waals surface area contributed by atoms with Crippen molar-refractivity contribution in [2.45, 2.75) is 70.4 Å². The van der Waals surface area contributed by atoms with E-state index in [2.05, 4.69) is 17.0 Å². The van der Waals surface area contributed by atoms with Gasteiger partial charge in [0.25, 0.3) is 0 Å². The molecule has 0 saturated heterocycles.